The zero-order chi connectivity index (χ0) is 46.5. The van der Waals surface area contributed by atoms with Crippen LogP contribution in [0.15, 0.2) is 97.2 Å². The van der Waals surface area contributed by atoms with E-state index in [9.17, 15) is 14.4 Å². The third-order valence-corrected chi connectivity index (χ3v) is 10.8. The Hall–Kier alpha value is -3.67. The second kappa shape index (κ2) is 52.0. The van der Waals surface area contributed by atoms with Crippen LogP contribution in [0.4, 0.5) is 0 Å². The van der Waals surface area contributed by atoms with Crippen LogP contribution in [0.5, 0.6) is 0 Å². The third kappa shape index (κ3) is 49.3. The molecule has 0 aromatic rings. The van der Waals surface area contributed by atoms with Gasteiger partial charge in [0.2, 0.25) is 0 Å². The summed E-state index contributed by atoms with van der Waals surface area (Å²) in [6, 6.07) is 0. The fourth-order valence-corrected chi connectivity index (χ4v) is 6.85. The summed E-state index contributed by atoms with van der Waals surface area (Å²) in [6.45, 7) is 6.40. The molecule has 0 rings (SSSR count). The highest BCUT2D eigenvalue weighted by molar-refractivity contribution is 5.71. The molecule has 6 nitrogen and oxygen atoms in total. The summed E-state index contributed by atoms with van der Waals surface area (Å²) in [4.78, 5) is 38.0. The SMILES string of the molecule is CC/C=C\C/C=C\CCCCCCCC(=O)OCC(COC(=O)CCC/C=C\C/C=C\C/C=C\C/C=C\CCCCC)OC(=O)CCCCCCCCC/C=C\C/C=C\CCCCC. The first-order valence-corrected chi connectivity index (χ1v) is 26.2. The zero-order valence-electron chi connectivity index (χ0n) is 41.5. The van der Waals surface area contributed by atoms with Crippen LogP contribution >= 0.6 is 0 Å². The lowest BCUT2D eigenvalue weighted by Crippen LogP contribution is -2.30. The summed E-state index contributed by atoms with van der Waals surface area (Å²) in [7, 11) is 0. The lowest BCUT2D eigenvalue weighted by atomic mass is 10.1. The monoisotopic (exact) mass is 889 g/mol. The van der Waals surface area contributed by atoms with Gasteiger partial charge in [-0.15, -0.1) is 0 Å². The van der Waals surface area contributed by atoms with E-state index in [0.717, 1.165) is 109 Å². The van der Waals surface area contributed by atoms with Crippen molar-refractivity contribution in [2.75, 3.05) is 13.2 Å². The number of ether oxygens (including phenoxy) is 3. The van der Waals surface area contributed by atoms with Gasteiger partial charge in [-0.2, -0.15) is 0 Å². The van der Waals surface area contributed by atoms with Gasteiger partial charge in [-0.05, 0) is 116 Å². The van der Waals surface area contributed by atoms with Gasteiger partial charge in [0.05, 0.1) is 0 Å². The zero-order valence-corrected chi connectivity index (χ0v) is 41.5. The molecule has 64 heavy (non-hydrogen) atoms. The lowest BCUT2D eigenvalue weighted by Gasteiger charge is -2.18. The van der Waals surface area contributed by atoms with Gasteiger partial charge in [-0.1, -0.05) is 195 Å². The molecule has 0 aromatic carbocycles. The molecule has 0 N–H and O–H groups in total. The van der Waals surface area contributed by atoms with Crippen molar-refractivity contribution in [2.24, 2.45) is 0 Å². The van der Waals surface area contributed by atoms with Crippen molar-refractivity contribution in [1.29, 1.82) is 0 Å². The van der Waals surface area contributed by atoms with Crippen LogP contribution in [0.3, 0.4) is 0 Å². The Morgan fingerprint density at radius 1 is 0.328 bits per heavy atom. The van der Waals surface area contributed by atoms with Crippen molar-refractivity contribution in [3.05, 3.63) is 97.2 Å². The van der Waals surface area contributed by atoms with Crippen LogP contribution in [0.25, 0.3) is 0 Å². The Kier molecular flexibility index (Phi) is 49.0. The molecule has 0 amide bonds. The smallest absolute Gasteiger partial charge is 0.306 e. The first-order chi connectivity index (χ1) is 31.5. The van der Waals surface area contributed by atoms with Crippen molar-refractivity contribution in [3.8, 4) is 0 Å². The Balaban J connectivity index is 4.50. The van der Waals surface area contributed by atoms with Crippen molar-refractivity contribution < 1.29 is 28.6 Å². The molecule has 1 unspecified atom stereocenters. The summed E-state index contributed by atoms with van der Waals surface area (Å²) in [5.41, 5.74) is 0. The molecule has 364 valence electrons. The van der Waals surface area contributed by atoms with Crippen molar-refractivity contribution in [2.45, 2.75) is 239 Å². The van der Waals surface area contributed by atoms with Gasteiger partial charge in [0.25, 0.3) is 0 Å². The molecular formula is C58H96O6. The predicted octanol–water partition coefficient (Wildman–Crippen LogP) is 17.4. The molecular weight excluding hydrogens is 793 g/mol. The molecule has 1 atom stereocenters. The second-order valence-electron chi connectivity index (χ2n) is 17.0. The molecule has 0 heterocycles. The highest BCUT2D eigenvalue weighted by atomic mass is 16.6. The van der Waals surface area contributed by atoms with Crippen LogP contribution < -0.4 is 0 Å². The Labute approximate surface area is 394 Å². The van der Waals surface area contributed by atoms with Gasteiger partial charge >= 0.3 is 17.9 Å². The van der Waals surface area contributed by atoms with E-state index < -0.39 is 6.10 Å². The molecule has 0 aromatic heterocycles. The highest BCUT2D eigenvalue weighted by Crippen LogP contribution is 2.13. The molecule has 0 spiro atoms. The van der Waals surface area contributed by atoms with E-state index in [0.29, 0.717) is 19.3 Å². The number of carbonyl (C=O) groups excluding carboxylic acids is 3. The van der Waals surface area contributed by atoms with E-state index in [1.165, 1.54) is 77.0 Å². The van der Waals surface area contributed by atoms with Gasteiger partial charge in [0, 0.05) is 19.3 Å². The minimum absolute atomic E-state index is 0.106. The third-order valence-electron chi connectivity index (χ3n) is 10.8. The van der Waals surface area contributed by atoms with Crippen molar-refractivity contribution in [3.63, 3.8) is 0 Å². The number of hydrogen-bond donors (Lipinski definition) is 0. The van der Waals surface area contributed by atoms with Crippen LogP contribution in [-0.2, 0) is 28.6 Å². The molecule has 0 fully saturated rings. The lowest BCUT2D eigenvalue weighted by molar-refractivity contribution is -0.167. The topological polar surface area (TPSA) is 78.9 Å². The van der Waals surface area contributed by atoms with Crippen LogP contribution in [0, 0.1) is 0 Å². The summed E-state index contributed by atoms with van der Waals surface area (Å²) in [5.74, 6) is -0.989. The summed E-state index contributed by atoms with van der Waals surface area (Å²) >= 11 is 0. The molecule has 0 bridgehead atoms. The van der Waals surface area contributed by atoms with Gasteiger partial charge < -0.3 is 14.2 Å². The van der Waals surface area contributed by atoms with E-state index in [4.69, 9.17) is 14.2 Å². The van der Waals surface area contributed by atoms with Crippen LogP contribution in [-0.4, -0.2) is 37.2 Å². The number of rotatable bonds is 46. The molecule has 0 radical (unpaired) electrons. The minimum atomic E-state index is -0.810. The van der Waals surface area contributed by atoms with Crippen molar-refractivity contribution >= 4 is 17.9 Å². The normalized spacial score (nSPS) is 12.9. The first-order valence-electron chi connectivity index (χ1n) is 26.2. The number of esters is 3. The fraction of sp³-hybridized carbons (Fsp3) is 0.672. The first kappa shape index (κ1) is 60.3. The Morgan fingerprint density at radius 3 is 1.02 bits per heavy atom. The van der Waals surface area contributed by atoms with E-state index in [1.807, 2.05) is 0 Å². The summed E-state index contributed by atoms with van der Waals surface area (Å²) in [6.07, 6.45) is 68.2. The predicted molar refractivity (Wildman–Crippen MR) is 274 cm³/mol. The number of hydrogen-bond acceptors (Lipinski definition) is 6. The standard InChI is InChI=1S/C58H96O6/c1-4-7-10-13-16-19-22-25-27-29-31-33-36-39-42-45-48-51-57(60)63-54-55(53-62-56(59)50-47-44-41-38-35-24-21-18-15-12-9-6-3)64-58(61)52-49-46-43-40-37-34-32-30-28-26-23-20-17-14-11-8-5-2/h9,12,16-21,25-28,31,33,39,42,55H,4-8,10-11,13-15,22-24,29-30,32,34-38,40-41,43-54H2,1-3H3/b12-9-,19-16-,20-17-,21-18-,27-25-,28-26-,33-31-,42-39-. The van der Waals surface area contributed by atoms with Crippen LogP contribution in [0.2, 0.25) is 0 Å². The van der Waals surface area contributed by atoms with Crippen molar-refractivity contribution in [1.82, 2.24) is 0 Å². The van der Waals surface area contributed by atoms with Gasteiger partial charge in [0.15, 0.2) is 6.10 Å². The Morgan fingerprint density at radius 2 is 0.625 bits per heavy atom. The van der Waals surface area contributed by atoms with Gasteiger partial charge in [-0.25, -0.2) is 0 Å². The number of unbranched alkanes of at least 4 members (excludes halogenated alkanes) is 19. The van der Waals surface area contributed by atoms with E-state index in [1.54, 1.807) is 0 Å². The largest absolute Gasteiger partial charge is 0.462 e. The molecule has 0 saturated carbocycles. The molecule has 0 aliphatic rings. The summed E-state index contributed by atoms with van der Waals surface area (Å²) < 4.78 is 16.7. The maximum Gasteiger partial charge on any atom is 0.306 e. The van der Waals surface area contributed by atoms with E-state index in [2.05, 4.69) is 118 Å². The van der Waals surface area contributed by atoms with Crippen LogP contribution in [0.1, 0.15) is 233 Å². The quantitative estimate of drug-likeness (QED) is 0.0262. The number of carbonyl (C=O) groups is 3. The maximum atomic E-state index is 12.8. The minimum Gasteiger partial charge on any atom is -0.462 e. The molecule has 0 saturated heterocycles. The molecule has 0 aliphatic heterocycles. The molecule has 6 heteroatoms. The van der Waals surface area contributed by atoms with E-state index in [-0.39, 0.29) is 37.5 Å². The van der Waals surface area contributed by atoms with Gasteiger partial charge in [0.1, 0.15) is 13.2 Å². The van der Waals surface area contributed by atoms with E-state index >= 15 is 0 Å². The summed E-state index contributed by atoms with van der Waals surface area (Å²) in [5, 5.41) is 0. The van der Waals surface area contributed by atoms with Gasteiger partial charge in [-0.3, -0.25) is 14.4 Å². The highest BCUT2D eigenvalue weighted by Gasteiger charge is 2.19. The molecule has 0 aliphatic carbocycles. The Bertz CT molecular complexity index is 1300. The maximum absolute atomic E-state index is 12.8. The second-order valence-corrected chi connectivity index (χ2v) is 17.0. The number of allylic oxidation sites excluding steroid dienone is 16. The average Bonchev–Trinajstić information content (AvgIpc) is 3.29. The average molecular weight is 889 g/mol. The fourth-order valence-electron chi connectivity index (χ4n) is 6.85.